The van der Waals surface area contributed by atoms with Crippen molar-refractivity contribution in [3.8, 4) is 0 Å². The van der Waals surface area contributed by atoms with Crippen LogP contribution in [0.4, 0.5) is 0 Å². The molecule has 0 aliphatic rings. The van der Waals surface area contributed by atoms with E-state index in [2.05, 4.69) is 17.9 Å². The van der Waals surface area contributed by atoms with E-state index < -0.39 is 0 Å². The molecule has 0 radical (unpaired) electrons. The Balaban J connectivity index is 2.87. The Kier molecular flexibility index (Phi) is 10.8. The number of nitrogens with one attached hydrogen (secondary N) is 1. The molecule has 13 heavy (non-hydrogen) atoms. The lowest BCUT2D eigenvalue weighted by atomic mass is 10.1. The van der Waals surface area contributed by atoms with E-state index in [1.807, 2.05) is 0 Å². The molecule has 0 rings (SSSR count). The van der Waals surface area contributed by atoms with Crippen LogP contribution in [0.1, 0.15) is 58.3 Å². The fourth-order valence-corrected chi connectivity index (χ4v) is 1.38. The molecule has 0 aromatic rings. The van der Waals surface area contributed by atoms with Crippen LogP contribution < -0.4 is 0 Å². The van der Waals surface area contributed by atoms with Crippen molar-refractivity contribution in [2.75, 3.05) is 6.54 Å². The highest BCUT2D eigenvalue weighted by Gasteiger charge is 1.90. The van der Waals surface area contributed by atoms with Gasteiger partial charge < -0.3 is 0 Å². The Hall–Kier alpha value is -0.620. The van der Waals surface area contributed by atoms with E-state index in [-0.39, 0.29) is 0 Å². The van der Waals surface area contributed by atoms with Gasteiger partial charge in [-0.2, -0.15) is 0 Å². The monoisotopic (exact) mass is 182 g/mol. The number of rotatable bonds is 9. The molecular formula is C11H22N2. The third-order valence-corrected chi connectivity index (χ3v) is 2.20. The van der Waals surface area contributed by atoms with Crippen LogP contribution >= 0.6 is 0 Å². The summed E-state index contributed by atoms with van der Waals surface area (Å²) in [6.45, 7) is 3.04. The molecule has 1 N–H and O–H groups in total. The Bertz CT molecular complexity index is 137. The first-order valence-corrected chi connectivity index (χ1v) is 5.50. The second-order valence-electron chi connectivity index (χ2n) is 3.47. The second kappa shape index (κ2) is 11.4. The smallest absolute Gasteiger partial charge is 0.0861 e. The Labute approximate surface area is 82.0 Å². The minimum atomic E-state index is 0.790. The molecule has 0 aromatic carbocycles. The first-order chi connectivity index (χ1) is 6.41. The molecule has 0 aromatic heterocycles. The predicted molar refractivity (Wildman–Crippen MR) is 57.6 cm³/mol. The van der Waals surface area contributed by atoms with E-state index in [0.29, 0.717) is 0 Å². The van der Waals surface area contributed by atoms with Gasteiger partial charge in [-0.05, 0) is 6.42 Å². The number of aliphatic imine (C=N–C) groups is 1. The van der Waals surface area contributed by atoms with Gasteiger partial charge in [-0.1, -0.05) is 51.9 Å². The maximum atomic E-state index is 6.58. The van der Waals surface area contributed by atoms with E-state index in [1.54, 1.807) is 0 Å². The number of hydrogen-bond donors (Lipinski definition) is 1. The average Bonchev–Trinajstić information content (AvgIpc) is 2.16. The highest BCUT2D eigenvalue weighted by molar-refractivity contribution is 5.35. The van der Waals surface area contributed by atoms with Gasteiger partial charge >= 0.3 is 0 Å². The summed E-state index contributed by atoms with van der Waals surface area (Å²) in [7, 11) is 0. The third-order valence-electron chi connectivity index (χ3n) is 2.20. The molecule has 0 saturated carbocycles. The Morgan fingerprint density at radius 2 is 1.46 bits per heavy atom. The summed E-state index contributed by atoms with van der Waals surface area (Å²) in [5, 5.41) is 6.58. The summed E-state index contributed by atoms with van der Waals surface area (Å²) in [6.07, 6.45) is 10.6. The standard InChI is InChI=1S/C11H22N2/c1-2-3-4-5-6-7-8-9-10-13-11-12/h12H,2-10H2,1H3. The topological polar surface area (TPSA) is 36.2 Å². The van der Waals surface area contributed by atoms with Crippen molar-refractivity contribution in [3.63, 3.8) is 0 Å². The quantitative estimate of drug-likeness (QED) is 0.415. The van der Waals surface area contributed by atoms with Crippen molar-refractivity contribution in [2.24, 2.45) is 4.99 Å². The van der Waals surface area contributed by atoms with Crippen LogP contribution in [0.3, 0.4) is 0 Å². The molecule has 0 unspecified atom stereocenters. The summed E-state index contributed by atoms with van der Waals surface area (Å²) >= 11 is 0. The molecule has 0 amide bonds. The highest BCUT2D eigenvalue weighted by atomic mass is 14.7. The van der Waals surface area contributed by atoms with E-state index in [0.717, 1.165) is 13.0 Å². The number of nitrogens with zero attached hydrogens (tertiary/aromatic N) is 1. The van der Waals surface area contributed by atoms with E-state index in [1.165, 1.54) is 44.9 Å². The van der Waals surface area contributed by atoms with Gasteiger partial charge in [0.2, 0.25) is 0 Å². The zero-order valence-corrected chi connectivity index (χ0v) is 8.81. The van der Waals surface area contributed by atoms with Crippen LogP contribution in [0.25, 0.3) is 0 Å². The van der Waals surface area contributed by atoms with Gasteiger partial charge in [0.05, 0.1) is 6.01 Å². The van der Waals surface area contributed by atoms with Crippen molar-refractivity contribution in [3.05, 3.63) is 0 Å². The largest absolute Gasteiger partial charge is 0.242 e. The molecule has 0 bridgehead atoms. The Morgan fingerprint density at radius 3 is 2.00 bits per heavy atom. The maximum absolute atomic E-state index is 6.58. The first-order valence-electron chi connectivity index (χ1n) is 5.50. The van der Waals surface area contributed by atoms with Gasteiger partial charge in [-0.25, -0.2) is 10.4 Å². The average molecular weight is 182 g/mol. The lowest BCUT2D eigenvalue weighted by molar-refractivity contribution is 0.578. The first kappa shape index (κ1) is 12.4. The Morgan fingerprint density at radius 1 is 0.923 bits per heavy atom. The molecule has 0 aliphatic carbocycles. The number of hydrogen-bond acceptors (Lipinski definition) is 2. The van der Waals surface area contributed by atoms with Crippen molar-refractivity contribution in [1.29, 1.82) is 5.41 Å². The minimum absolute atomic E-state index is 0.790. The maximum Gasteiger partial charge on any atom is 0.0861 e. The van der Waals surface area contributed by atoms with Crippen molar-refractivity contribution in [2.45, 2.75) is 58.3 Å². The molecule has 0 fully saturated rings. The summed E-state index contributed by atoms with van der Waals surface area (Å²) in [6, 6.07) is 2.06. The lowest BCUT2D eigenvalue weighted by Crippen LogP contribution is -1.83. The van der Waals surface area contributed by atoms with Crippen LogP contribution in [-0.4, -0.2) is 12.6 Å². The molecule has 0 heterocycles. The molecule has 0 aliphatic heterocycles. The fraction of sp³-hybridized carbons (Fsp3) is 0.909. The van der Waals surface area contributed by atoms with Gasteiger partial charge in [0.1, 0.15) is 0 Å². The van der Waals surface area contributed by atoms with Crippen molar-refractivity contribution in [1.82, 2.24) is 0 Å². The summed E-state index contributed by atoms with van der Waals surface area (Å²) in [5.74, 6) is 0. The third kappa shape index (κ3) is 11.4. The van der Waals surface area contributed by atoms with Crippen molar-refractivity contribution >= 4 is 6.01 Å². The number of unbranched alkanes of at least 4 members (excludes halogenated alkanes) is 7. The van der Waals surface area contributed by atoms with Crippen LogP contribution in [0.2, 0.25) is 0 Å². The fourth-order valence-electron chi connectivity index (χ4n) is 1.38. The SMILES string of the molecule is CCCCCCCCCCN=C=N. The molecule has 0 saturated heterocycles. The minimum Gasteiger partial charge on any atom is -0.242 e. The molecular weight excluding hydrogens is 160 g/mol. The van der Waals surface area contributed by atoms with Gasteiger partial charge in [-0.3, -0.25) is 0 Å². The van der Waals surface area contributed by atoms with Gasteiger partial charge in [0.25, 0.3) is 0 Å². The lowest BCUT2D eigenvalue weighted by Gasteiger charge is -1.98. The van der Waals surface area contributed by atoms with Crippen LogP contribution in [0.15, 0.2) is 4.99 Å². The van der Waals surface area contributed by atoms with E-state index in [9.17, 15) is 0 Å². The molecule has 0 spiro atoms. The molecule has 2 heteroatoms. The zero-order valence-electron chi connectivity index (χ0n) is 8.81. The molecule has 0 atom stereocenters. The van der Waals surface area contributed by atoms with Gasteiger partial charge in [-0.15, -0.1) is 0 Å². The van der Waals surface area contributed by atoms with Crippen molar-refractivity contribution < 1.29 is 0 Å². The molecule has 76 valence electrons. The van der Waals surface area contributed by atoms with Gasteiger partial charge in [0, 0.05) is 6.54 Å². The van der Waals surface area contributed by atoms with E-state index in [4.69, 9.17) is 5.41 Å². The van der Waals surface area contributed by atoms with Crippen LogP contribution in [0, 0.1) is 5.41 Å². The predicted octanol–water partition coefficient (Wildman–Crippen LogP) is 3.88. The second-order valence-corrected chi connectivity index (χ2v) is 3.47. The summed E-state index contributed by atoms with van der Waals surface area (Å²) in [4.78, 5) is 3.74. The van der Waals surface area contributed by atoms with E-state index >= 15 is 0 Å². The normalized spacial score (nSPS) is 9.62. The van der Waals surface area contributed by atoms with Crippen LogP contribution in [0.5, 0.6) is 0 Å². The zero-order chi connectivity index (χ0) is 9.78. The molecule has 2 nitrogen and oxygen atoms in total. The van der Waals surface area contributed by atoms with Crippen LogP contribution in [-0.2, 0) is 0 Å². The highest BCUT2D eigenvalue weighted by Crippen LogP contribution is 2.07. The summed E-state index contributed by atoms with van der Waals surface area (Å²) < 4.78 is 0. The van der Waals surface area contributed by atoms with Gasteiger partial charge in [0.15, 0.2) is 0 Å². The summed E-state index contributed by atoms with van der Waals surface area (Å²) in [5.41, 5.74) is 0.